The van der Waals surface area contributed by atoms with E-state index in [2.05, 4.69) is 20.8 Å². The Morgan fingerprint density at radius 1 is 1.07 bits per heavy atom. The van der Waals surface area contributed by atoms with Gasteiger partial charge in [0.15, 0.2) is 0 Å². The normalized spacial score (nSPS) is 18.1. The molecule has 2 aromatic rings. The van der Waals surface area contributed by atoms with Gasteiger partial charge in [-0.3, -0.25) is 0 Å². The largest absolute Gasteiger partial charge is 0.494 e. The number of benzene rings is 2. The van der Waals surface area contributed by atoms with Gasteiger partial charge in [-0.25, -0.2) is 8.42 Å². The fourth-order valence-corrected chi connectivity index (χ4v) is 5.54. The number of sulfone groups is 1. The summed E-state index contributed by atoms with van der Waals surface area (Å²) in [6.45, 7) is 5.86. The van der Waals surface area contributed by atoms with Crippen LogP contribution in [0.4, 0.5) is 0 Å². The van der Waals surface area contributed by atoms with E-state index in [-0.39, 0.29) is 0 Å². The molecule has 4 nitrogen and oxygen atoms in total. The van der Waals surface area contributed by atoms with Crippen molar-refractivity contribution in [3.8, 4) is 5.75 Å². The lowest BCUT2D eigenvalue weighted by Gasteiger charge is -2.30. The molecule has 148 valence electrons. The van der Waals surface area contributed by atoms with Gasteiger partial charge in [-0.2, -0.15) is 0 Å². The van der Waals surface area contributed by atoms with Crippen LogP contribution in [0.15, 0.2) is 56.7 Å². The topological polar surface area (TPSA) is 46.6 Å². The molecule has 0 spiro atoms. The first-order valence-corrected chi connectivity index (χ1v) is 12.0. The maximum absolute atomic E-state index is 12.9. The predicted octanol–water partition coefficient (Wildman–Crippen LogP) is 4.88. The van der Waals surface area contributed by atoms with Gasteiger partial charge in [0, 0.05) is 15.6 Å². The molecular weight excluding hydrogens is 438 g/mol. The number of ether oxygens (including phenoxy) is 1. The minimum Gasteiger partial charge on any atom is -0.494 e. The highest BCUT2D eigenvalue weighted by molar-refractivity contribution is 9.10. The van der Waals surface area contributed by atoms with Crippen LogP contribution >= 0.6 is 15.9 Å². The molecule has 0 amide bonds. The van der Waals surface area contributed by atoms with Crippen molar-refractivity contribution >= 4 is 31.3 Å². The highest BCUT2D eigenvalue weighted by Crippen LogP contribution is 2.43. The molecule has 0 aromatic heterocycles. The van der Waals surface area contributed by atoms with E-state index in [1.165, 1.54) is 19.5 Å². The Morgan fingerprint density at radius 2 is 1.82 bits per heavy atom. The highest BCUT2D eigenvalue weighted by atomic mass is 79.9. The Kier molecular flexibility index (Phi) is 5.63. The van der Waals surface area contributed by atoms with Gasteiger partial charge in [-0.05, 0) is 81.7 Å². The standard InChI is InChI=1S/C22H24BrNO3S/c1-16-22(17-5-7-18(23)8-6-17)20-10-9-19(15-21(20)28(16,25)26)27-14-3-2-11-24-12-4-13-24/h5-10,15H,2-4,11-14H2,1H3. The first kappa shape index (κ1) is 19.7. The van der Waals surface area contributed by atoms with E-state index >= 15 is 0 Å². The van der Waals surface area contributed by atoms with Gasteiger partial charge in [0.2, 0.25) is 9.84 Å². The van der Waals surface area contributed by atoms with Crippen molar-refractivity contribution in [1.82, 2.24) is 4.90 Å². The summed E-state index contributed by atoms with van der Waals surface area (Å²) in [4.78, 5) is 3.19. The molecule has 0 saturated carbocycles. The molecule has 6 heteroatoms. The van der Waals surface area contributed by atoms with Crippen LogP contribution in [-0.2, 0) is 9.84 Å². The molecule has 2 aliphatic heterocycles. The average Bonchev–Trinajstić information content (AvgIpc) is 2.84. The minimum atomic E-state index is -3.48. The van der Waals surface area contributed by atoms with Crippen LogP contribution in [0.25, 0.3) is 5.57 Å². The number of hydrogen-bond acceptors (Lipinski definition) is 4. The van der Waals surface area contributed by atoms with E-state index < -0.39 is 9.84 Å². The lowest BCUT2D eigenvalue weighted by atomic mass is 9.98. The minimum absolute atomic E-state index is 0.348. The molecule has 0 radical (unpaired) electrons. The SMILES string of the molecule is CC1=C(c2ccc(Br)cc2)c2ccc(OCCCCN3CCC3)cc2S1(=O)=O. The maximum Gasteiger partial charge on any atom is 0.203 e. The van der Waals surface area contributed by atoms with Crippen LogP contribution in [0, 0.1) is 0 Å². The number of allylic oxidation sites excluding steroid dienone is 1. The van der Waals surface area contributed by atoms with Gasteiger partial charge in [0.1, 0.15) is 5.75 Å². The van der Waals surface area contributed by atoms with Gasteiger partial charge in [-0.15, -0.1) is 0 Å². The van der Waals surface area contributed by atoms with Crippen molar-refractivity contribution < 1.29 is 13.2 Å². The molecule has 1 fully saturated rings. The van der Waals surface area contributed by atoms with Gasteiger partial charge < -0.3 is 9.64 Å². The maximum atomic E-state index is 12.9. The molecule has 2 aliphatic rings. The second-order valence-corrected chi connectivity index (χ2v) is 10.3. The molecule has 0 aliphatic carbocycles. The van der Waals surface area contributed by atoms with Crippen molar-refractivity contribution in [1.29, 1.82) is 0 Å². The first-order valence-electron chi connectivity index (χ1n) is 9.68. The Morgan fingerprint density at radius 3 is 2.50 bits per heavy atom. The number of fused-ring (bicyclic) bond motifs is 1. The number of unbranched alkanes of at least 4 members (excludes halogenated alkanes) is 1. The van der Waals surface area contributed by atoms with Gasteiger partial charge >= 0.3 is 0 Å². The van der Waals surface area contributed by atoms with Crippen molar-refractivity contribution in [3.05, 3.63) is 63.0 Å². The van der Waals surface area contributed by atoms with Crippen molar-refractivity contribution in [3.63, 3.8) is 0 Å². The lowest BCUT2D eigenvalue weighted by Crippen LogP contribution is -2.37. The quantitative estimate of drug-likeness (QED) is 0.551. The monoisotopic (exact) mass is 461 g/mol. The van der Waals surface area contributed by atoms with E-state index in [0.29, 0.717) is 22.2 Å². The van der Waals surface area contributed by atoms with E-state index in [1.807, 2.05) is 36.4 Å². The fourth-order valence-electron chi connectivity index (χ4n) is 3.72. The lowest BCUT2D eigenvalue weighted by molar-refractivity contribution is 0.173. The zero-order valence-corrected chi connectivity index (χ0v) is 18.4. The Balaban J connectivity index is 1.49. The average molecular weight is 462 g/mol. The molecule has 28 heavy (non-hydrogen) atoms. The number of rotatable bonds is 7. The zero-order chi connectivity index (χ0) is 19.7. The summed E-state index contributed by atoms with van der Waals surface area (Å²) >= 11 is 3.43. The number of hydrogen-bond donors (Lipinski definition) is 0. The van der Waals surface area contributed by atoms with Crippen molar-refractivity contribution in [2.24, 2.45) is 0 Å². The van der Waals surface area contributed by atoms with Crippen LogP contribution in [0.3, 0.4) is 0 Å². The van der Waals surface area contributed by atoms with Gasteiger partial charge in [0.25, 0.3) is 0 Å². The van der Waals surface area contributed by atoms with Crippen LogP contribution in [0.1, 0.15) is 37.3 Å². The molecule has 0 atom stereocenters. The van der Waals surface area contributed by atoms with E-state index in [9.17, 15) is 8.42 Å². The van der Waals surface area contributed by atoms with Crippen molar-refractivity contribution in [2.45, 2.75) is 31.1 Å². The van der Waals surface area contributed by atoms with Gasteiger partial charge in [0.05, 0.1) is 16.4 Å². The van der Waals surface area contributed by atoms with Crippen LogP contribution in [-0.4, -0.2) is 39.6 Å². The summed E-state index contributed by atoms with van der Waals surface area (Å²) in [7, 11) is -3.48. The van der Waals surface area contributed by atoms with Crippen LogP contribution < -0.4 is 4.74 Å². The molecule has 4 rings (SSSR count). The van der Waals surface area contributed by atoms with Crippen molar-refractivity contribution in [2.75, 3.05) is 26.2 Å². The third kappa shape index (κ3) is 3.78. The number of halogens is 1. The van der Waals surface area contributed by atoms with E-state index in [4.69, 9.17) is 4.74 Å². The molecule has 0 N–H and O–H groups in total. The predicted molar refractivity (Wildman–Crippen MR) is 115 cm³/mol. The third-order valence-electron chi connectivity index (χ3n) is 5.49. The highest BCUT2D eigenvalue weighted by Gasteiger charge is 2.33. The Labute approximate surface area is 175 Å². The summed E-state index contributed by atoms with van der Waals surface area (Å²) in [6, 6.07) is 13.2. The molecule has 1 saturated heterocycles. The summed E-state index contributed by atoms with van der Waals surface area (Å²) in [5, 5.41) is 0. The zero-order valence-electron chi connectivity index (χ0n) is 15.9. The smallest absolute Gasteiger partial charge is 0.203 e. The Bertz CT molecular complexity index is 1010. The number of likely N-dealkylation sites (tertiary alicyclic amines) is 1. The molecule has 2 aromatic carbocycles. The fraction of sp³-hybridized carbons (Fsp3) is 0.364. The third-order valence-corrected chi connectivity index (χ3v) is 7.94. The second kappa shape index (κ2) is 8.01. The van der Waals surface area contributed by atoms with Crippen LogP contribution in [0.5, 0.6) is 5.75 Å². The van der Waals surface area contributed by atoms with Crippen LogP contribution in [0.2, 0.25) is 0 Å². The number of nitrogens with zero attached hydrogens (tertiary/aromatic N) is 1. The van der Waals surface area contributed by atoms with E-state index in [0.717, 1.165) is 40.6 Å². The molecule has 0 unspecified atom stereocenters. The molecule has 2 heterocycles. The first-order chi connectivity index (χ1) is 13.5. The summed E-state index contributed by atoms with van der Waals surface area (Å²) in [6.07, 6.45) is 3.40. The second-order valence-electron chi connectivity index (χ2n) is 7.35. The molecular formula is C22H24BrNO3S. The van der Waals surface area contributed by atoms with Gasteiger partial charge in [-0.1, -0.05) is 28.1 Å². The summed E-state index contributed by atoms with van der Waals surface area (Å²) in [5.74, 6) is 0.621. The van der Waals surface area contributed by atoms with E-state index in [1.54, 1.807) is 13.0 Å². The Hall–Kier alpha value is -1.63. The molecule has 0 bridgehead atoms. The summed E-state index contributed by atoms with van der Waals surface area (Å²) in [5.41, 5.74) is 2.44. The summed E-state index contributed by atoms with van der Waals surface area (Å²) < 4.78 is 32.7.